The first-order valence-corrected chi connectivity index (χ1v) is 11.2. The third-order valence-electron chi connectivity index (χ3n) is 6.01. The maximum Gasteiger partial charge on any atom is 0.246 e. The van der Waals surface area contributed by atoms with Gasteiger partial charge in [-0.2, -0.15) is 4.98 Å². The number of carbonyl (C=O) groups is 1. The molecule has 1 amide bonds. The second kappa shape index (κ2) is 9.90. The Morgan fingerprint density at radius 2 is 1.84 bits per heavy atom. The number of nitrogens with zero attached hydrogens (tertiary/aromatic N) is 4. The molecule has 1 aromatic carbocycles. The molecule has 2 fully saturated rings. The van der Waals surface area contributed by atoms with Gasteiger partial charge in [0.05, 0.1) is 0 Å². The third kappa shape index (κ3) is 5.60. The van der Waals surface area contributed by atoms with E-state index in [2.05, 4.69) is 15.2 Å². The van der Waals surface area contributed by atoms with Crippen LogP contribution in [0.15, 0.2) is 36.4 Å². The van der Waals surface area contributed by atoms with Crippen LogP contribution in [0.5, 0.6) is 0 Å². The monoisotopic (exact) mass is 423 g/mol. The summed E-state index contributed by atoms with van der Waals surface area (Å²) in [5.74, 6) is 1.18. The zero-order chi connectivity index (χ0) is 21.6. The number of amides is 1. The van der Waals surface area contributed by atoms with E-state index < -0.39 is 0 Å². The maximum absolute atomic E-state index is 13.7. The molecule has 164 valence electrons. The second-order valence-corrected chi connectivity index (χ2v) is 8.34. The Kier molecular flexibility index (Phi) is 6.79. The van der Waals surface area contributed by atoms with E-state index in [4.69, 9.17) is 4.98 Å². The lowest BCUT2D eigenvalue weighted by Gasteiger charge is -2.35. The standard InChI is InChI=1S/C24H30FN5O/c1-18-17-22(28-24(26-18)27-20-8-3-2-4-9-20)29-13-15-30(16-14-29)23(31)12-11-19-7-5-6-10-21(19)25/h5-7,10-12,17,20H,2-4,8-9,13-16H2,1H3,(H,26,27,28)/b12-11+. The van der Waals surface area contributed by atoms with Crippen LogP contribution < -0.4 is 10.2 Å². The van der Waals surface area contributed by atoms with Gasteiger partial charge in [0.25, 0.3) is 0 Å². The minimum Gasteiger partial charge on any atom is -0.353 e. The van der Waals surface area contributed by atoms with Crippen molar-refractivity contribution in [2.45, 2.75) is 45.1 Å². The summed E-state index contributed by atoms with van der Waals surface area (Å²) in [5, 5.41) is 3.51. The number of nitrogens with one attached hydrogen (secondary N) is 1. The van der Waals surface area contributed by atoms with Crippen LogP contribution in [0.2, 0.25) is 0 Å². The van der Waals surface area contributed by atoms with Crippen molar-refractivity contribution in [1.29, 1.82) is 0 Å². The Hall–Kier alpha value is -2.96. The van der Waals surface area contributed by atoms with Gasteiger partial charge in [0, 0.05) is 55.6 Å². The first kappa shape index (κ1) is 21.3. The first-order chi connectivity index (χ1) is 15.1. The lowest BCUT2D eigenvalue weighted by Crippen LogP contribution is -2.48. The topological polar surface area (TPSA) is 61.4 Å². The fraction of sp³-hybridized carbons (Fsp3) is 0.458. The number of hydrogen-bond donors (Lipinski definition) is 1. The Morgan fingerprint density at radius 1 is 1.10 bits per heavy atom. The highest BCUT2D eigenvalue weighted by molar-refractivity contribution is 5.92. The van der Waals surface area contributed by atoms with Crippen molar-refractivity contribution in [3.05, 3.63) is 53.5 Å². The van der Waals surface area contributed by atoms with E-state index in [0.717, 1.165) is 11.5 Å². The summed E-state index contributed by atoms with van der Waals surface area (Å²) in [6, 6.07) is 8.91. The molecule has 2 heterocycles. The predicted molar refractivity (Wildman–Crippen MR) is 121 cm³/mol. The van der Waals surface area contributed by atoms with Gasteiger partial charge >= 0.3 is 0 Å². The number of aryl methyl sites for hydroxylation is 1. The van der Waals surface area contributed by atoms with Crippen molar-refractivity contribution >= 4 is 23.7 Å². The van der Waals surface area contributed by atoms with Crippen LogP contribution in [-0.2, 0) is 4.79 Å². The highest BCUT2D eigenvalue weighted by Crippen LogP contribution is 2.22. The van der Waals surface area contributed by atoms with Crippen LogP contribution in [0.1, 0.15) is 43.4 Å². The molecule has 1 aliphatic carbocycles. The van der Waals surface area contributed by atoms with E-state index in [0.29, 0.717) is 43.7 Å². The SMILES string of the molecule is Cc1cc(N2CCN(C(=O)/C=C/c3ccccc3F)CC2)nc(NC2CCCCC2)n1. The van der Waals surface area contributed by atoms with Gasteiger partial charge in [-0.1, -0.05) is 37.5 Å². The highest BCUT2D eigenvalue weighted by Gasteiger charge is 2.22. The van der Waals surface area contributed by atoms with Crippen LogP contribution in [0.4, 0.5) is 16.2 Å². The van der Waals surface area contributed by atoms with Gasteiger partial charge < -0.3 is 15.1 Å². The summed E-state index contributed by atoms with van der Waals surface area (Å²) in [5.41, 5.74) is 1.36. The van der Waals surface area contributed by atoms with Crippen molar-refractivity contribution in [3.8, 4) is 0 Å². The number of piperazine rings is 1. The number of carbonyl (C=O) groups excluding carboxylic acids is 1. The van der Waals surface area contributed by atoms with E-state index in [9.17, 15) is 9.18 Å². The molecule has 1 saturated heterocycles. The molecule has 0 unspecified atom stereocenters. The molecule has 31 heavy (non-hydrogen) atoms. The van der Waals surface area contributed by atoms with Gasteiger partial charge in [-0.05, 0) is 31.9 Å². The molecule has 4 rings (SSSR count). The van der Waals surface area contributed by atoms with Crippen LogP contribution in [0, 0.1) is 12.7 Å². The third-order valence-corrected chi connectivity index (χ3v) is 6.01. The summed E-state index contributed by atoms with van der Waals surface area (Å²) in [7, 11) is 0. The number of anilines is 2. The lowest BCUT2D eigenvalue weighted by molar-refractivity contribution is -0.126. The van der Waals surface area contributed by atoms with Crippen LogP contribution in [-0.4, -0.2) is 53.0 Å². The van der Waals surface area contributed by atoms with Gasteiger partial charge in [-0.3, -0.25) is 4.79 Å². The fourth-order valence-corrected chi connectivity index (χ4v) is 4.24. The van der Waals surface area contributed by atoms with Crippen molar-refractivity contribution in [3.63, 3.8) is 0 Å². The van der Waals surface area contributed by atoms with Crippen LogP contribution in [0.25, 0.3) is 6.08 Å². The molecule has 0 atom stereocenters. The highest BCUT2D eigenvalue weighted by atomic mass is 19.1. The van der Waals surface area contributed by atoms with E-state index in [1.165, 1.54) is 44.2 Å². The average Bonchev–Trinajstić information content (AvgIpc) is 2.79. The van der Waals surface area contributed by atoms with E-state index in [-0.39, 0.29) is 11.7 Å². The van der Waals surface area contributed by atoms with E-state index >= 15 is 0 Å². The summed E-state index contributed by atoms with van der Waals surface area (Å²) in [4.78, 5) is 25.8. The normalized spacial score (nSPS) is 17.9. The molecule has 0 bridgehead atoms. The predicted octanol–water partition coefficient (Wildman–Crippen LogP) is 4.03. The molecule has 1 aliphatic heterocycles. The van der Waals surface area contributed by atoms with Gasteiger partial charge in [0.15, 0.2) is 0 Å². The average molecular weight is 424 g/mol. The summed E-state index contributed by atoms with van der Waals surface area (Å²) >= 11 is 0. The summed E-state index contributed by atoms with van der Waals surface area (Å²) in [6.07, 6.45) is 9.18. The first-order valence-electron chi connectivity index (χ1n) is 11.2. The Morgan fingerprint density at radius 3 is 2.58 bits per heavy atom. The van der Waals surface area contributed by atoms with E-state index in [1.807, 2.05) is 13.0 Å². The van der Waals surface area contributed by atoms with Crippen molar-refractivity contribution in [2.75, 3.05) is 36.4 Å². The van der Waals surface area contributed by atoms with Crippen LogP contribution in [0.3, 0.4) is 0 Å². The molecule has 7 heteroatoms. The quantitative estimate of drug-likeness (QED) is 0.736. The number of rotatable bonds is 5. The largest absolute Gasteiger partial charge is 0.353 e. The Bertz CT molecular complexity index is 933. The number of hydrogen-bond acceptors (Lipinski definition) is 5. The molecule has 2 aromatic rings. The molecule has 1 aromatic heterocycles. The van der Waals surface area contributed by atoms with Crippen molar-refractivity contribution < 1.29 is 9.18 Å². The van der Waals surface area contributed by atoms with Crippen molar-refractivity contribution in [2.24, 2.45) is 0 Å². The van der Waals surface area contributed by atoms with Crippen LogP contribution >= 0.6 is 0 Å². The van der Waals surface area contributed by atoms with Gasteiger partial charge in [0.2, 0.25) is 11.9 Å². The van der Waals surface area contributed by atoms with Gasteiger partial charge in [0.1, 0.15) is 11.6 Å². The molecule has 1 saturated carbocycles. The number of benzene rings is 1. The van der Waals surface area contributed by atoms with Crippen molar-refractivity contribution in [1.82, 2.24) is 14.9 Å². The minimum absolute atomic E-state index is 0.0959. The van der Waals surface area contributed by atoms with Gasteiger partial charge in [-0.25, -0.2) is 9.37 Å². The smallest absolute Gasteiger partial charge is 0.246 e. The van der Waals surface area contributed by atoms with Gasteiger partial charge in [-0.15, -0.1) is 0 Å². The molecule has 2 aliphatic rings. The molecular formula is C24H30FN5O. The number of halogens is 1. The fourth-order valence-electron chi connectivity index (χ4n) is 4.24. The second-order valence-electron chi connectivity index (χ2n) is 8.34. The Labute approximate surface area is 183 Å². The zero-order valence-electron chi connectivity index (χ0n) is 18.1. The summed E-state index contributed by atoms with van der Waals surface area (Å²) in [6.45, 7) is 4.62. The molecular weight excluding hydrogens is 393 g/mol. The van der Waals surface area contributed by atoms with E-state index in [1.54, 1.807) is 29.2 Å². The maximum atomic E-state index is 13.7. The Balaban J connectivity index is 1.35. The molecule has 0 spiro atoms. The summed E-state index contributed by atoms with van der Waals surface area (Å²) < 4.78 is 13.7. The minimum atomic E-state index is -0.326. The molecule has 6 nitrogen and oxygen atoms in total. The molecule has 1 N–H and O–H groups in total. The molecule has 0 radical (unpaired) electrons. The zero-order valence-corrected chi connectivity index (χ0v) is 18.1. The number of aromatic nitrogens is 2. The lowest BCUT2D eigenvalue weighted by atomic mass is 9.96.